The third-order valence-electron chi connectivity index (χ3n) is 6.68. The Labute approximate surface area is 222 Å². The summed E-state index contributed by atoms with van der Waals surface area (Å²) >= 11 is 0. The normalized spacial score (nSPS) is 16.6. The molecule has 0 saturated carbocycles. The number of aromatic nitrogens is 2. The summed E-state index contributed by atoms with van der Waals surface area (Å²) in [5.41, 5.74) is 1.06. The lowest BCUT2D eigenvalue weighted by molar-refractivity contribution is -0.137. The van der Waals surface area contributed by atoms with Crippen molar-refractivity contribution in [1.29, 1.82) is 0 Å². The summed E-state index contributed by atoms with van der Waals surface area (Å²) in [4.78, 5) is 21.9. The standard InChI is InChI=1S/C27H25F3N4O4S/c1-31-26-32-20(16-21(33-26)17-8-10-19(11-9-17)27(28,29)30)12-13-23(35)22-6-4-14-34(22)39(36,37)25-15-18-5-2-3-7-24(18)38-25/h2-3,5,7-11,15-16,22H,4,6,12-14H2,1H3,(H,31,32,33)/t22-/m0/s1. The van der Waals surface area contributed by atoms with Gasteiger partial charge in [0.05, 0.1) is 17.3 Å². The maximum atomic E-state index is 13.3. The van der Waals surface area contributed by atoms with Gasteiger partial charge in [-0.2, -0.15) is 17.5 Å². The molecule has 1 aliphatic heterocycles. The quantitative estimate of drug-likeness (QED) is 0.313. The first-order valence-electron chi connectivity index (χ1n) is 12.3. The van der Waals surface area contributed by atoms with Crippen molar-refractivity contribution in [2.45, 2.75) is 43.0 Å². The van der Waals surface area contributed by atoms with Gasteiger partial charge >= 0.3 is 6.18 Å². The number of anilines is 1. The van der Waals surface area contributed by atoms with E-state index in [-0.39, 0.29) is 36.2 Å². The minimum Gasteiger partial charge on any atom is -0.443 e. The molecule has 1 saturated heterocycles. The number of aryl methyl sites for hydroxylation is 1. The van der Waals surface area contributed by atoms with Gasteiger partial charge in [0, 0.05) is 42.7 Å². The Balaban J connectivity index is 1.32. The van der Waals surface area contributed by atoms with E-state index in [1.54, 1.807) is 37.4 Å². The lowest BCUT2D eigenvalue weighted by Crippen LogP contribution is -2.40. The fourth-order valence-electron chi connectivity index (χ4n) is 4.68. The number of para-hydroxylation sites is 1. The van der Waals surface area contributed by atoms with Gasteiger partial charge in [-0.15, -0.1) is 0 Å². The van der Waals surface area contributed by atoms with Crippen LogP contribution in [0.3, 0.4) is 0 Å². The Kier molecular flexibility index (Phi) is 7.17. The predicted octanol–water partition coefficient (Wildman–Crippen LogP) is 5.31. The molecule has 2 aromatic heterocycles. The van der Waals surface area contributed by atoms with Crippen LogP contribution < -0.4 is 5.32 Å². The van der Waals surface area contributed by atoms with Crippen LogP contribution in [0.25, 0.3) is 22.2 Å². The average Bonchev–Trinajstić information content (AvgIpc) is 3.60. The molecule has 1 aliphatic rings. The molecule has 3 heterocycles. The van der Waals surface area contributed by atoms with Crippen molar-refractivity contribution in [3.8, 4) is 11.3 Å². The molecular formula is C27H25F3N4O4S. The number of alkyl halides is 3. The van der Waals surface area contributed by atoms with E-state index in [4.69, 9.17) is 4.42 Å². The van der Waals surface area contributed by atoms with Crippen molar-refractivity contribution < 1.29 is 30.8 Å². The van der Waals surface area contributed by atoms with Crippen molar-refractivity contribution in [2.75, 3.05) is 18.9 Å². The van der Waals surface area contributed by atoms with Gasteiger partial charge in [0.1, 0.15) is 5.58 Å². The van der Waals surface area contributed by atoms with Crippen molar-refractivity contribution in [3.63, 3.8) is 0 Å². The third-order valence-corrected chi connectivity index (χ3v) is 8.44. The van der Waals surface area contributed by atoms with E-state index in [0.29, 0.717) is 40.8 Å². The fourth-order valence-corrected chi connectivity index (χ4v) is 6.31. The number of sulfonamides is 1. The van der Waals surface area contributed by atoms with Gasteiger partial charge in [-0.05, 0) is 43.5 Å². The zero-order chi connectivity index (χ0) is 27.8. The number of benzene rings is 2. The molecule has 204 valence electrons. The SMILES string of the molecule is CNc1nc(CCC(=O)[C@@H]2CCCN2S(=O)(=O)c2cc3ccccc3o2)cc(-c2ccc(C(F)(F)F)cc2)n1. The number of carbonyl (C=O) groups excluding carboxylic acids is 1. The molecule has 0 aliphatic carbocycles. The van der Waals surface area contributed by atoms with Crippen LogP contribution in [0.1, 0.15) is 30.5 Å². The summed E-state index contributed by atoms with van der Waals surface area (Å²) in [5.74, 6) is 0.0117. The smallest absolute Gasteiger partial charge is 0.416 e. The van der Waals surface area contributed by atoms with E-state index in [1.165, 1.54) is 22.5 Å². The molecule has 1 atom stereocenters. The highest BCUT2D eigenvalue weighted by molar-refractivity contribution is 7.89. The van der Waals surface area contributed by atoms with Gasteiger partial charge < -0.3 is 9.73 Å². The minimum atomic E-state index is -4.45. The number of ketones is 1. The first-order chi connectivity index (χ1) is 18.6. The van der Waals surface area contributed by atoms with Gasteiger partial charge in [0.15, 0.2) is 5.78 Å². The van der Waals surface area contributed by atoms with Crippen LogP contribution in [0.15, 0.2) is 70.2 Å². The minimum absolute atomic E-state index is 0.0312. The summed E-state index contributed by atoms with van der Waals surface area (Å²) in [6, 6.07) is 13.9. The van der Waals surface area contributed by atoms with Crippen LogP contribution in [0.2, 0.25) is 0 Å². The van der Waals surface area contributed by atoms with E-state index in [2.05, 4.69) is 15.3 Å². The molecule has 0 radical (unpaired) electrons. The van der Waals surface area contributed by atoms with E-state index in [0.717, 1.165) is 12.1 Å². The molecule has 8 nitrogen and oxygen atoms in total. The number of hydrogen-bond donors (Lipinski definition) is 1. The Morgan fingerprint density at radius 3 is 2.54 bits per heavy atom. The van der Waals surface area contributed by atoms with Gasteiger partial charge in [-0.1, -0.05) is 30.3 Å². The summed E-state index contributed by atoms with van der Waals surface area (Å²) < 4.78 is 72.3. The predicted molar refractivity (Wildman–Crippen MR) is 138 cm³/mol. The second kappa shape index (κ2) is 10.4. The number of Topliss-reactive ketones (excluding diaryl/α,β-unsaturated/α-hetero) is 1. The van der Waals surface area contributed by atoms with E-state index in [1.807, 2.05) is 0 Å². The van der Waals surface area contributed by atoms with Crippen LogP contribution in [0.4, 0.5) is 19.1 Å². The van der Waals surface area contributed by atoms with Crippen LogP contribution >= 0.6 is 0 Å². The molecule has 0 amide bonds. The zero-order valence-corrected chi connectivity index (χ0v) is 21.7. The number of hydrogen-bond acceptors (Lipinski definition) is 7. The van der Waals surface area contributed by atoms with E-state index in [9.17, 15) is 26.4 Å². The summed E-state index contributed by atoms with van der Waals surface area (Å²) in [7, 11) is -2.40. The highest BCUT2D eigenvalue weighted by atomic mass is 32.2. The Bertz CT molecular complexity index is 1590. The van der Waals surface area contributed by atoms with Crippen LogP contribution in [-0.2, 0) is 27.4 Å². The number of carbonyl (C=O) groups is 1. The molecule has 0 unspecified atom stereocenters. The van der Waals surface area contributed by atoms with Crippen molar-refractivity contribution >= 4 is 32.7 Å². The third kappa shape index (κ3) is 5.52. The van der Waals surface area contributed by atoms with Crippen molar-refractivity contribution in [2.24, 2.45) is 0 Å². The number of rotatable bonds is 8. The van der Waals surface area contributed by atoms with Crippen LogP contribution in [0, 0.1) is 0 Å². The molecule has 39 heavy (non-hydrogen) atoms. The number of halogens is 3. The molecular weight excluding hydrogens is 533 g/mol. The summed E-state index contributed by atoms with van der Waals surface area (Å²) in [6.07, 6.45) is -3.26. The average molecular weight is 559 g/mol. The highest BCUT2D eigenvalue weighted by Gasteiger charge is 2.40. The monoisotopic (exact) mass is 558 g/mol. The fraction of sp³-hybridized carbons (Fsp3) is 0.296. The summed E-state index contributed by atoms with van der Waals surface area (Å²) in [6.45, 7) is 0.214. The molecule has 0 spiro atoms. The van der Waals surface area contributed by atoms with Crippen LogP contribution in [0.5, 0.6) is 0 Å². The molecule has 12 heteroatoms. The molecule has 1 fully saturated rings. The van der Waals surface area contributed by atoms with Gasteiger partial charge in [0.25, 0.3) is 10.0 Å². The van der Waals surface area contributed by atoms with Gasteiger partial charge in [-0.25, -0.2) is 18.4 Å². The number of nitrogens with zero attached hydrogens (tertiary/aromatic N) is 3. The topological polar surface area (TPSA) is 105 Å². The maximum Gasteiger partial charge on any atom is 0.416 e. The molecule has 5 rings (SSSR count). The molecule has 4 aromatic rings. The van der Waals surface area contributed by atoms with Gasteiger partial charge in [-0.3, -0.25) is 4.79 Å². The Morgan fingerprint density at radius 2 is 1.85 bits per heavy atom. The first kappa shape index (κ1) is 26.8. The molecule has 2 aromatic carbocycles. The number of nitrogens with one attached hydrogen (secondary N) is 1. The van der Waals surface area contributed by atoms with Gasteiger partial charge in [0.2, 0.25) is 11.0 Å². The zero-order valence-electron chi connectivity index (χ0n) is 20.9. The van der Waals surface area contributed by atoms with Crippen molar-refractivity contribution in [1.82, 2.24) is 14.3 Å². The first-order valence-corrected chi connectivity index (χ1v) is 13.8. The van der Waals surface area contributed by atoms with Crippen molar-refractivity contribution in [3.05, 3.63) is 71.9 Å². The number of furan rings is 1. The molecule has 1 N–H and O–H groups in total. The highest BCUT2D eigenvalue weighted by Crippen LogP contribution is 2.32. The second-order valence-electron chi connectivity index (χ2n) is 9.24. The number of fused-ring (bicyclic) bond motifs is 1. The Hall–Kier alpha value is -3.77. The summed E-state index contributed by atoms with van der Waals surface area (Å²) in [5, 5.41) is 3.29. The second-order valence-corrected chi connectivity index (χ2v) is 11.1. The largest absolute Gasteiger partial charge is 0.443 e. The molecule has 0 bridgehead atoms. The maximum absolute atomic E-state index is 13.3. The Morgan fingerprint density at radius 1 is 1.10 bits per heavy atom. The van der Waals surface area contributed by atoms with Crippen LogP contribution in [-0.4, -0.2) is 48.1 Å². The van der Waals surface area contributed by atoms with E-state index < -0.39 is 27.8 Å². The lowest BCUT2D eigenvalue weighted by atomic mass is 10.0. The van der Waals surface area contributed by atoms with E-state index >= 15 is 0 Å². The lowest BCUT2D eigenvalue weighted by Gasteiger charge is -2.21.